The number of nitrogens with one attached hydrogen (secondary N) is 1. The summed E-state index contributed by atoms with van der Waals surface area (Å²) in [6, 6.07) is 0. The molecule has 0 aromatic rings. The van der Waals surface area contributed by atoms with Gasteiger partial charge in [-0.3, -0.25) is 4.90 Å². The van der Waals surface area contributed by atoms with Crippen LogP contribution < -0.4 is 5.32 Å². The first-order chi connectivity index (χ1) is 8.67. The van der Waals surface area contributed by atoms with Crippen LogP contribution in [0.3, 0.4) is 0 Å². The van der Waals surface area contributed by atoms with E-state index in [1.54, 1.807) is 0 Å². The minimum Gasteiger partial charge on any atom is -0.316 e. The maximum atomic E-state index is 3.85. The van der Waals surface area contributed by atoms with Crippen LogP contribution in [0.25, 0.3) is 0 Å². The summed E-state index contributed by atoms with van der Waals surface area (Å²) in [7, 11) is 0. The molecule has 0 radical (unpaired) electrons. The van der Waals surface area contributed by atoms with Crippen LogP contribution in [-0.4, -0.2) is 37.6 Å². The lowest BCUT2D eigenvalue weighted by Gasteiger charge is -2.37. The first-order valence-corrected chi connectivity index (χ1v) is 7.32. The molecule has 0 aliphatic heterocycles. The lowest BCUT2D eigenvalue weighted by Crippen LogP contribution is -2.44. The van der Waals surface area contributed by atoms with Crippen LogP contribution >= 0.6 is 0 Å². The first kappa shape index (κ1) is 17.4. The second-order valence-electron chi connectivity index (χ2n) is 5.16. The molecule has 0 atom stereocenters. The zero-order valence-electron chi connectivity index (χ0n) is 12.7. The minimum atomic E-state index is 0.376. The third kappa shape index (κ3) is 6.36. The largest absolute Gasteiger partial charge is 0.316 e. The molecule has 0 saturated carbocycles. The highest BCUT2D eigenvalue weighted by Crippen LogP contribution is 2.27. The summed E-state index contributed by atoms with van der Waals surface area (Å²) in [5, 5.41) is 3.59. The van der Waals surface area contributed by atoms with Gasteiger partial charge < -0.3 is 5.32 Å². The number of rotatable bonds is 12. The normalized spacial score (nSPS) is 11.8. The van der Waals surface area contributed by atoms with Gasteiger partial charge in [0.25, 0.3) is 0 Å². The van der Waals surface area contributed by atoms with Gasteiger partial charge in [0.15, 0.2) is 0 Å². The molecule has 0 spiro atoms. The monoisotopic (exact) mass is 252 g/mol. The van der Waals surface area contributed by atoms with Crippen molar-refractivity contribution in [1.29, 1.82) is 0 Å². The number of hydrogen-bond donors (Lipinski definition) is 1. The summed E-state index contributed by atoms with van der Waals surface area (Å²) < 4.78 is 0. The van der Waals surface area contributed by atoms with E-state index in [0.717, 1.165) is 32.7 Å². The lowest BCUT2D eigenvalue weighted by molar-refractivity contribution is 0.154. The highest BCUT2D eigenvalue weighted by molar-refractivity contribution is 4.88. The van der Waals surface area contributed by atoms with Gasteiger partial charge in [-0.2, -0.15) is 0 Å². The van der Waals surface area contributed by atoms with E-state index in [4.69, 9.17) is 0 Å². The molecule has 2 nitrogen and oxygen atoms in total. The third-order valence-corrected chi connectivity index (χ3v) is 3.76. The highest BCUT2D eigenvalue weighted by atomic mass is 15.1. The van der Waals surface area contributed by atoms with Crippen molar-refractivity contribution in [2.45, 2.75) is 40.0 Å². The van der Waals surface area contributed by atoms with Crippen molar-refractivity contribution < 1.29 is 0 Å². The Morgan fingerprint density at radius 2 is 1.61 bits per heavy atom. The van der Waals surface area contributed by atoms with Crippen molar-refractivity contribution in [2.24, 2.45) is 5.41 Å². The van der Waals surface area contributed by atoms with E-state index < -0.39 is 0 Å². The molecule has 0 aromatic heterocycles. The van der Waals surface area contributed by atoms with Crippen molar-refractivity contribution in [3.05, 3.63) is 25.3 Å². The smallest absolute Gasteiger partial charge is 0.0164 e. The maximum absolute atomic E-state index is 3.85. The average molecular weight is 252 g/mol. The van der Waals surface area contributed by atoms with E-state index in [2.05, 4.69) is 44.1 Å². The first-order valence-electron chi connectivity index (χ1n) is 7.32. The molecular weight excluding hydrogens is 220 g/mol. The Bertz CT molecular complexity index is 209. The second kappa shape index (κ2) is 10.3. The highest BCUT2D eigenvalue weighted by Gasteiger charge is 2.27. The summed E-state index contributed by atoms with van der Waals surface area (Å²) in [6.45, 7) is 19.8. The van der Waals surface area contributed by atoms with Crippen molar-refractivity contribution in [1.82, 2.24) is 10.2 Å². The Morgan fingerprint density at radius 1 is 1.06 bits per heavy atom. The Morgan fingerprint density at radius 3 is 2.00 bits per heavy atom. The van der Waals surface area contributed by atoms with Gasteiger partial charge in [-0.25, -0.2) is 0 Å². The molecule has 0 amide bonds. The van der Waals surface area contributed by atoms with Crippen molar-refractivity contribution in [2.75, 3.05) is 32.7 Å². The molecule has 2 heteroatoms. The Kier molecular flexibility index (Phi) is 9.99. The van der Waals surface area contributed by atoms with Gasteiger partial charge in [0.05, 0.1) is 0 Å². The van der Waals surface area contributed by atoms with Crippen molar-refractivity contribution >= 4 is 0 Å². The Hall–Kier alpha value is -0.600. The predicted molar refractivity (Wildman–Crippen MR) is 83.0 cm³/mol. The molecule has 0 aliphatic carbocycles. The molecular formula is C16H32N2. The fourth-order valence-electron chi connectivity index (χ4n) is 2.35. The van der Waals surface area contributed by atoms with E-state index in [0.29, 0.717) is 5.41 Å². The summed E-state index contributed by atoms with van der Waals surface area (Å²) in [5.74, 6) is 0. The van der Waals surface area contributed by atoms with Crippen LogP contribution in [0, 0.1) is 5.41 Å². The molecule has 0 heterocycles. The van der Waals surface area contributed by atoms with Crippen molar-refractivity contribution in [3.63, 3.8) is 0 Å². The maximum Gasteiger partial charge on any atom is 0.0164 e. The standard InChI is InChI=1S/C16H32N2/c1-6-11-17-14-16(9-4,10-5)15-18(12-7-2)13-8-3/h7-8,17H,2-3,6,9-15H2,1,4-5H3. The van der Waals surface area contributed by atoms with E-state index in [1.165, 1.54) is 19.3 Å². The molecule has 0 saturated heterocycles. The summed E-state index contributed by atoms with van der Waals surface area (Å²) >= 11 is 0. The second-order valence-corrected chi connectivity index (χ2v) is 5.16. The molecule has 0 aromatic carbocycles. The molecule has 0 unspecified atom stereocenters. The minimum absolute atomic E-state index is 0.376. The van der Waals surface area contributed by atoms with Crippen molar-refractivity contribution in [3.8, 4) is 0 Å². The van der Waals surface area contributed by atoms with Gasteiger partial charge in [-0.15, -0.1) is 13.2 Å². The van der Waals surface area contributed by atoms with Gasteiger partial charge in [0.2, 0.25) is 0 Å². The van der Waals surface area contributed by atoms with E-state index in [-0.39, 0.29) is 0 Å². The van der Waals surface area contributed by atoms with Crippen LogP contribution in [0.4, 0.5) is 0 Å². The van der Waals surface area contributed by atoms with Gasteiger partial charge in [-0.05, 0) is 31.2 Å². The van der Waals surface area contributed by atoms with Gasteiger partial charge >= 0.3 is 0 Å². The molecule has 106 valence electrons. The molecule has 0 fully saturated rings. The fraction of sp³-hybridized carbons (Fsp3) is 0.750. The SMILES string of the molecule is C=CCN(CC=C)CC(CC)(CC)CNCCC. The van der Waals surface area contributed by atoms with Crippen LogP contribution in [0.2, 0.25) is 0 Å². The molecule has 18 heavy (non-hydrogen) atoms. The fourth-order valence-corrected chi connectivity index (χ4v) is 2.35. The Labute approximate surface area is 114 Å². The Balaban J connectivity index is 4.52. The van der Waals surface area contributed by atoms with Gasteiger partial charge in [0, 0.05) is 26.2 Å². The average Bonchev–Trinajstić information content (AvgIpc) is 2.38. The summed E-state index contributed by atoms with van der Waals surface area (Å²) in [4.78, 5) is 2.43. The van der Waals surface area contributed by atoms with E-state index in [9.17, 15) is 0 Å². The zero-order chi connectivity index (χ0) is 13.9. The topological polar surface area (TPSA) is 15.3 Å². The lowest BCUT2D eigenvalue weighted by atomic mass is 9.81. The predicted octanol–water partition coefficient (Wildman–Crippen LogP) is 3.47. The van der Waals surface area contributed by atoms with Crippen LogP contribution in [-0.2, 0) is 0 Å². The summed E-state index contributed by atoms with van der Waals surface area (Å²) in [5.41, 5.74) is 0.376. The number of hydrogen-bond acceptors (Lipinski definition) is 2. The summed E-state index contributed by atoms with van der Waals surface area (Å²) in [6.07, 6.45) is 7.60. The van der Waals surface area contributed by atoms with Crippen LogP contribution in [0.5, 0.6) is 0 Å². The molecule has 0 bridgehead atoms. The van der Waals surface area contributed by atoms with Gasteiger partial charge in [-0.1, -0.05) is 32.9 Å². The van der Waals surface area contributed by atoms with Gasteiger partial charge in [0.1, 0.15) is 0 Å². The van der Waals surface area contributed by atoms with E-state index >= 15 is 0 Å². The molecule has 0 rings (SSSR count). The van der Waals surface area contributed by atoms with Crippen LogP contribution in [0.15, 0.2) is 25.3 Å². The molecule has 1 N–H and O–H groups in total. The van der Waals surface area contributed by atoms with E-state index in [1.807, 2.05) is 12.2 Å². The van der Waals surface area contributed by atoms with Crippen LogP contribution in [0.1, 0.15) is 40.0 Å². The third-order valence-electron chi connectivity index (χ3n) is 3.76. The molecule has 0 aliphatic rings. The quantitative estimate of drug-likeness (QED) is 0.423. The number of nitrogens with zero attached hydrogens (tertiary/aromatic N) is 1. The zero-order valence-corrected chi connectivity index (χ0v) is 12.7.